The first-order valence-corrected chi connectivity index (χ1v) is 5.61. The summed E-state index contributed by atoms with van der Waals surface area (Å²) in [7, 11) is 0. The highest BCUT2D eigenvalue weighted by Crippen LogP contribution is 2.19. The molecule has 0 bridgehead atoms. The van der Waals surface area contributed by atoms with Crippen LogP contribution in [-0.2, 0) is 4.79 Å². The van der Waals surface area contributed by atoms with Crippen molar-refractivity contribution < 1.29 is 4.79 Å². The molecule has 1 saturated carbocycles. The zero-order chi connectivity index (χ0) is 12.3. The van der Waals surface area contributed by atoms with Gasteiger partial charge in [-0.2, -0.15) is 0 Å². The molecular formula is C13H20N2O. The quantitative estimate of drug-likeness (QED) is 0.574. The second kappa shape index (κ2) is 5.10. The van der Waals surface area contributed by atoms with E-state index in [-0.39, 0.29) is 5.91 Å². The third-order valence-corrected chi connectivity index (χ3v) is 2.40. The maximum absolute atomic E-state index is 11.7. The molecule has 16 heavy (non-hydrogen) atoms. The molecule has 3 nitrogen and oxygen atoms in total. The Morgan fingerprint density at radius 3 is 2.19 bits per heavy atom. The van der Waals surface area contributed by atoms with Gasteiger partial charge in [0.1, 0.15) is 5.71 Å². The highest BCUT2D eigenvalue weighted by molar-refractivity contribution is 6.38. The lowest BCUT2D eigenvalue weighted by atomic mass is 10.1. The van der Waals surface area contributed by atoms with Crippen molar-refractivity contribution in [3.05, 3.63) is 23.4 Å². The summed E-state index contributed by atoms with van der Waals surface area (Å²) in [6.45, 7) is 11.4. The molecule has 1 amide bonds. The number of aliphatic imine (C=N–C) groups is 1. The van der Waals surface area contributed by atoms with Crippen LogP contribution in [0.2, 0.25) is 0 Å². The zero-order valence-corrected chi connectivity index (χ0v) is 10.6. The Bertz CT molecular complexity index is 369. The minimum atomic E-state index is -0.0671. The maximum Gasteiger partial charge on any atom is 0.265 e. The first-order valence-electron chi connectivity index (χ1n) is 5.61. The molecule has 0 heterocycles. The van der Waals surface area contributed by atoms with E-state index in [1.807, 2.05) is 20.8 Å². The van der Waals surface area contributed by atoms with Crippen molar-refractivity contribution in [2.75, 3.05) is 0 Å². The minimum Gasteiger partial charge on any atom is -0.348 e. The van der Waals surface area contributed by atoms with Gasteiger partial charge in [0.25, 0.3) is 5.91 Å². The molecule has 1 fully saturated rings. The smallest absolute Gasteiger partial charge is 0.265 e. The number of carbonyl (C=O) groups excluding carboxylic acids is 1. The molecule has 88 valence electrons. The van der Waals surface area contributed by atoms with Crippen LogP contribution >= 0.6 is 0 Å². The molecule has 0 unspecified atom stereocenters. The fraction of sp³-hybridized carbons (Fsp3) is 0.538. The van der Waals surface area contributed by atoms with Crippen molar-refractivity contribution in [3.8, 4) is 0 Å². The lowest BCUT2D eigenvalue weighted by Crippen LogP contribution is -2.31. The van der Waals surface area contributed by atoms with E-state index in [9.17, 15) is 4.79 Å². The Morgan fingerprint density at radius 2 is 1.81 bits per heavy atom. The van der Waals surface area contributed by atoms with Gasteiger partial charge in [-0.05, 0) is 46.1 Å². The van der Waals surface area contributed by atoms with Gasteiger partial charge in [0.15, 0.2) is 0 Å². The number of nitrogens with one attached hydrogen (secondary N) is 1. The Balaban J connectivity index is 2.76. The van der Waals surface area contributed by atoms with Crippen LogP contribution in [-0.4, -0.2) is 17.7 Å². The molecule has 3 heteroatoms. The molecule has 0 radical (unpaired) electrons. The van der Waals surface area contributed by atoms with Gasteiger partial charge >= 0.3 is 0 Å². The normalized spacial score (nSPS) is 15.6. The number of nitrogens with zero attached hydrogens (tertiary/aromatic N) is 1. The largest absolute Gasteiger partial charge is 0.348 e. The van der Waals surface area contributed by atoms with Gasteiger partial charge < -0.3 is 5.32 Å². The SMILES string of the molecule is C=C(C)C(N=C(C)C(=O)NC1CC1)=C(C)C. The first kappa shape index (κ1) is 12.7. The number of carbonyl (C=O) groups is 1. The van der Waals surface area contributed by atoms with Crippen LogP contribution in [0.4, 0.5) is 0 Å². The number of hydrogen-bond acceptors (Lipinski definition) is 2. The van der Waals surface area contributed by atoms with Crippen molar-refractivity contribution in [2.45, 2.75) is 46.6 Å². The van der Waals surface area contributed by atoms with Gasteiger partial charge in [-0.1, -0.05) is 12.2 Å². The van der Waals surface area contributed by atoms with E-state index in [4.69, 9.17) is 0 Å². The minimum absolute atomic E-state index is 0.0671. The fourth-order valence-corrected chi connectivity index (χ4v) is 1.37. The van der Waals surface area contributed by atoms with Gasteiger partial charge in [0, 0.05) is 6.04 Å². The summed E-state index contributed by atoms with van der Waals surface area (Å²) in [5, 5.41) is 2.91. The summed E-state index contributed by atoms with van der Waals surface area (Å²) in [6.07, 6.45) is 2.18. The average Bonchev–Trinajstić information content (AvgIpc) is 2.96. The molecule has 0 saturated heterocycles. The molecule has 1 rings (SSSR count). The predicted molar refractivity (Wildman–Crippen MR) is 67.5 cm³/mol. The van der Waals surface area contributed by atoms with E-state index in [0.717, 1.165) is 29.7 Å². The fourth-order valence-electron chi connectivity index (χ4n) is 1.37. The second-order valence-electron chi connectivity index (χ2n) is 4.57. The van der Waals surface area contributed by atoms with Gasteiger partial charge in [-0.15, -0.1) is 0 Å². The Hall–Kier alpha value is -1.38. The highest BCUT2D eigenvalue weighted by Gasteiger charge is 2.24. The molecule has 0 aromatic heterocycles. The summed E-state index contributed by atoms with van der Waals surface area (Å²) in [6, 6.07) is 0.373. The van der Waals surface area contributed by atoms with E-state index in [2.05, 4.69) is 16.9 Å². The van der Waals surface area contributed by atoms with E-state index >= 15 is 0 Å². The van der Waals surface area contributed by atoms with Crippen LogP contribution < -0.4 is 5.32 Å². The topological polar surface area (TPSA) is 41.5 Å². The van der Waals surface area contributed by atoms with Crippen molar-refractivity contribution >= 4 is 11.6 Å². The van der Waals surface area contributed by atoms with Gasteiger partial charge in [-0.3, -0.25) is 4.79 Å². The van der Waals surface area contributed by atoms with Crippen molar-refractivity contribution in [2.24, 2.45) is 4.99 Å². The highest BCUT2D eigenvalue weighted by atomic mass is 16.2. The van der Waals surface area contributed by atoms with Gasteiger partial charge in [0.2, 0.25) is 0 Å². The Labute approximate surface area is 97.3 Å². The lowest BCUT2D eigenvalue weighted by Gasteiger charge is -2.07. The lowest BCUT2D eigenvalue weighted by molar-refractivity contribution is -0.114. The van der Waals surface area contributed by atoms with E-state index in [1.165, 1.54) is 0 Å². The van der Waals surface area contributed by atoms with Gasteiger partial charge in [-0.25, -0.2) is 4.99 Å². The van der Waals surface area contributed by atoms with Crippen molar-refractivity contribution in [1.82, 2.24) is 5.32 Å². The molecule has 0 aromatic carbocycles. The number of hydrogen-bond donors (Lipinski definition) is 1. The second-order valence-corrected chi connectivity index (χ2v) is 4.57. The molecule has 1 N–H and O–H groups in total. The molecular weight excluding hydrogens is 200 g/mol. The van der Waals surface area contributed by atoms with E-state index < -0.39 is 0 Å². The zero-order valence-electron chi connectivity index (χ0n) is 10.6. The predicted octanol–water partition coefficient (Wildman–Crippen LogP) is 2.60. The molecule has 0 spiro atoms. The molecule has 0 aromatic rings. The summed E-state index contributed by atoms with van der Waals surface area (Å²) in [4.78, 5) is 16.0. The third-order valence-electron chi connectivity index (χ3n) is 2.40. The summed E-state index contributed by atoms with van der Waals surface area (Å²) in [5.74, 6) is -0.0671. The third kappa shape index (κ3) is 3.65. The van der Waals surface area contributed by atoms with E-state index in [1.54, 1.807) is 6.92 Å². The van der Waals surface area contributed by atoms with Crippen LogP contribution in [0.15, 0.2) is 28.4 Å². The molecule has 0 aliphatic heterocycles. The molecule has 1 aliphatic carbocycles. The standard InChI is InChI=1S/C13H20N2O/c1-8(2)12(9(3)4)14-10(5)13(16)15-11-6-7-11/h11H,1,6-7H2,2-5H3,(H,15,16). The maximum atomic E-state index is 11.7. The summed E-state index contributed by atoms with van der Waals surface area (Å²) >= 11 is 0. The Kier molecular flexibility index (Phi) is 4.05. The number of allylic oxidation sites excluding steroid dienone is 2. The summed E-state index contributed by atoms with van der Waals surface area (Å²) in [5.41, 5.74) is 3.29. The average molecular weight is 220 g/mol. The van der Waals surface area contributed by atoms with Gasteiger partial charge in [0.05, 0.1) is 5.70 Å². The van der Waals surface area contributed by atoms with Crippen molar-refractivity contribution in [1.29, 1.82) is 0 Å². The van der Waals surface area contributed by atoms with Crippen LogP contribution in [0, 0.1) is 0 Å². The van der Waals surface area contributed by atoms with Crippen LogP contribution in [0.1, 0.15) is 40.5 Å². The number of rotatable bonds is 4. The van der Waals surface area contributed by atoms with E-state index in [0.29, 0.717) is 11.8 Å². The van der Waals surface area contributed by atoms with Crippen molar-refractivity contribution in [3.63, 3.8) is 0 Å². The van der Waals surface area contributed by atoms with Crippen LogP contribution in [0.3, 0.4) is 0 Å². The van der Waals surface area contributed by atoms with Crippen LogP contribution in [0.25, 0.3) is 0 Å². The Morgan fingerprint density at radius 1 is 1.25 bits per heavy atom. The first-order chi connectivity index (χ1) is 7.41. The summed E-state index contributed by atoms with van der Waals surface area (Å²) < 4.78 is 0. The molecule has 0 atom stereocenters. The monoisotopic (exact) mass is 220 g/mol. The molecule has 1 aliphatic rings. The number of amides is 1. The van der Waals surface area contributed by atoms with Crippen LogP contribution in [0.5, 0.6) is 0 Å².